The molecule has 27 heavy (non-hydrogen) atoms. The smallest absolute Gasteiger partial charge is 0.268 e. The molecule has 0 atom stereocenters. The number of sulfonamides is 1. The molecule has 8 nitrogen and oxygen atoms in total. The van der Waals surface area contributed by atoms with Crippen molar-refractivity contribution in [2.24, 2.45) is 0 Å². The van der Waals surface area contributed by atoms with Crippen molar-refractivity contribution in [1.82, 2.24) is 4.72 Å². The normalized spacial score (nSPS) is 10.9. The van der Waals surface area contributed by atoms with Gasteiger partial charge in [0.25, 0.3) is 15.9 Å². The maximum atomic E-state index is 12.4. The minimum Gasteiger partial charge on any atom is -0.493 e. The Balaban J connectivity index is 2.14. The topological polar surface area (TPSA) is 111 Å². The van der Waals surface area contributed by atoms with Gasteiger partial charge in [-0.05, 0) is 43.3 Å². The number of hydrogen-bond donors (Lipinski definition) is 2. The second-order valence-electron chi connectivity index (χ2n) is 5.37. The molecule has 2 rings (SSSR count). The van der Waals surface area contributed by atoms with Crippen LogP contribution in [0.5, 0.6) is 5.75 Å². The fraction of sp³-hybridized carbons (Fsp3) is 0.222. The molecule has 0 aromatic heterocycles. The van der Waals surface area contributed by atoms with E-state index in [1.165, 1.54) is 37.4 Å². The largest absolute Gasteiger partial charge is 0.493 e. The first-order valence-electron chi connectivity index (χ1n) is 8.05. The summed E-state index contributed by atoms with van der Waals surface area (Å²) < 4.78 is 36.9. The number of para-hydroxylation sites is 1. The van der Waals surface area contributed by atoms with Gasteiger partial charge in [0.15, 0.2) is 0 Å². The lowest BCUT2D eigenvalue weighted by molar-refractivity contribution is -0.119. The summed E-state index contributed by atoms with van der Waals surface area (Å²) in [7, 11) is -2.70. The molecule has 0 saturated carbocycles. The third kappa shape index (κ3) is 5.53. The number of nitrogens with one attached hydrogen (secondary N) is 2. The van der Waals surface area contributed by atoms with Crippen molar-refractivity contribution in [3.05, 3.63) is 54.1 Å². The van der Waals surface area contributed by atoms with E-state index in [0.29, 0.717) is 18.0 Å². The van der Waals surface area contributed by atoms with Crippen molar-refractivity contribution in [3.8, 4) is 5.75 Å². The van der Waals surface area contributed by atoms with Crippen LogP contribution in [0.4, 0.5) is 5.69 Å². The number of carbonyl (C=O) groups is 2. The van der Waals surface area contributed by atoms with Crippen LogP contribution in [0.1, 0.15) is 17.3 Å². The van der Waals surface area contributed by atoms with Crippen LogP contribution in [0.3, 0.4) is 0 Å². The summed E-state index contributed by atoms with van der Waals surface area (Å²) in [4.78, 5) is 23.7. The zero-order chi connectivity index (χ0) is 19.9. The number of amides is 2. The van der Waals surface area contributed by atoms with Gasteiger partial charge in [0, 0.05) is 12.8 Å². The van der Waals surface area contributed by atoms with Crippen LogP contribution in [-0.2, 0) is 19.6 Å². The van der Waals surface area contributed by atoms with E-state index in [2.05, 4.69) is 5.32 Å². The third-order valence-electron chi connectivity index (χ3n) is 3.38. The molecular formula is C18H20N2O6S. The number of hydrogen-bond acceptors (Lipinski definition) is 6. The minimum absolute atomic E-state index is 0.116. The molecule has 0 spiro atoms. The summed E-state index contributed by atoms with van der Waals surface area (Å²) in [5.41, 5.74) is 0.524. The van der Waals surface area contributed by atoms with E-state index in [-0.39, 0.29) is 23.0 Å². The number of ether oxygens (including phenoxy) is 2. The lowest BCUT2D eigenvalue weighted by Crippen LogP contribution is -2.31. The molecule has 9 heteroatoms. The molecule has 0 fully saturated rings. The minimum atomic E-state index is -4.09. The zero-order valence-electron chi connectivity index (χ0n) is 14.9. The molecule has 2 aromatic carbocycles. The molecule has 0 unspecified atom stereocenters. The molecular weight excluding hydrogens is 372 g/mol. The Bertz CT molecular complexity index is 910. The van der Waals surface area contributed by atoms with Crippen molar-refractivity contribution < 1.29 is 27.5 Å². The first kappa shape index (κ1) is 20.4. The maximum Gasteiger partial charge on any atom is 0.268 e. The van der Waals surface area contributed by atoms with Gasteiger partial charge in [0.05, 0.1) is 17.1 Å². The van der Waals surface area contributed by atoms with Crippen molar-refractivity contribution in [2.45, 2.75) is 11.8 Å². The number of rotatable bonds is 8. The van der Waals surface area contributed by atoms with Crippen LogP contribution in [-0.4, -0.2) is 40.6 Å². The molecule has 2 amide bonds. The van der Waals surface area contributed by atoms with Gasteiger partial charge in [0.1, 0.15) is 12.4 Å². The highest BCUT2D eigenvalue weighted by Crippen LogP contribution is 2.19. The van der Waals surface area contributed by atoms with Gasteiger partial charge in [-0.15, -0.1) is 0 Å². The van der Waals surface area contributed by atoms with E-state index in [1.807, 2.05) is 4.72 Å². The van der Waals surface area contributed by atoms with Crippen LogP contribution in [0.2, 0.25) is 0 Å². The summed E-state index contributed by atoms with van der Waals surface area (Å²) in [5, 5.41) is 2.55. The maximum absolute atomic E-state index is 12.4. The van der Waals surface area contributed by atoms with Gasteiger partial charge in [0.2, 0.25) is 5.91 Å². The van der Waals surface area contributed by atoms with Crippen molar-refractivity contribution in [1.29, 1.82) is 0 Å². The molecule has 0 bridgehead atoms. The SMILES string of the molecule is CCOc1ccccc1C(=O)NS(=O)(=O)c1ccc(NC(=O)COC)cc1. The Kier molecular flexibility index (Phi) is 6.91. The standard InChI is InChI=1S/C18H20N2O6S/c1-3-26-16-7-5-4-6-15(16)18(22)20-27(23,24)14-10-8-13(9-11-14)19-17(21)12-25-2/h4-11H,3,12H2,1-2H3,(H,19,21)(H,20,22). The molecule has 0 saturated heterocycles. The van der Waals surface area contributed by atoms with E-state index in [1.54, 1.807) is 25.1 Å². The molecule has 0 aliphatic rings. The summed E-state index contributed by atoms with van der Waals surface area (Å²) in [6.07, 6.45) is 0. The highest BCUT2D eigenvalue weighted by molar-refractivity contribution is 7.90. The van der Waals surface area contributed by atoms with Crippen molar-refractivity contribution in [3.63, 3.8) is 0 Å². The average Bonchev–Trinajstić information content (AvgIpc) is 2.62. The van der Waals surface area contributed by atoms with Crippen molar-refractivity contribution >= 4 is 27.5 Å². The van der Waals surface area contributed by atoms with Gasteiger partial charge in [-0.2, -0.15) is 0 Å². The van der Waals surface area contributed by atoms with Gasteiger partial charge >= 0.3 is 0 Å². The van der Waals surface area contributed by atoms with Crippen LogP contribution in [0, 0.1) is 0 Å². The third-order valence-corrected chi connectivity index (χ3v) is 4.73. The Hall–Kier alpha value is -2.91. The second-order valence-corrected chi connectivity index (χ2v) is 7.05. The van der Waals surface area contributed by atoms with Crippen LogP contribution in [0.25, 0.3) is 0 Å². The van der Waals surface area contributed by atoms with Crippen molar-refractivity contribution in [2.75, 3.05) is 25.6 Å². The van der Waals surface area contributed by atoms with Crippen LogP contribution >= 0.6 is 0 Å². The fourth-order valence-electron chi connectivity index (χ4n) is 2.22. The van der Waals surface area contributed by atoms with E-state index >= 15 is 0 Å². The van der Waals surface area contributed by atoms with E-state index in [4.69, 9.17) is 9.47 Å². The molecule has 0 aliphatic heterocycles. The summed E-state index contributed by atoms with van der Waals surface area (Å²) >= 11 is 0. The van der Waals surface area contributed by atoms with Gasteiger partial charge < -0.3 is 14.8 Å². The Morgan fingerprint density at radius 3 is 2.33 bits per heavy atom. The molecule has 0 heterocycles. The zero-order valence-corrected chi connectivity index (χ0v) is 15.7. The first-order chi connectivity index (χ1) is 12.9. The van der Waals surface area contributed by atoms with Gasteiger partial charge in [-0.25, -0.2) is 13.1 Å². The Labute approximate surface area is 157 Å². The van der Waals surface area contributed by atoms with Crippen LogP contribution in [0.15, 0.2) is 53.4 Å². The Morgan fingerprint density at radius 1 is 1.04 bits per heavy atom. The molecule has 144 valence electrons. The monoisotopic (exact) mass is 392 g/mol. The van der Waals surface area contributed by atoms with Gasteiger partial charge in [-0.3, -0.25) is 9.59 Å². The lowest BCUT2D eigenvalue weighted by atomic mass is 10.2. The Morgan fingerprint density at radius 2 is 1.70 bits per heavy atom. The van der Waals surface area contributed by atoms with Gasteiger partial charge in [-0.1, -0.05) is 12.1 Å². The predicted octanol–water partition coefficient (Wildman–Crippen LogP) is 1.79. The molecule has 2 N–H and O–H groups in total. The fourth-order valence-corrected chi connectivity index (χ4v) is 3.18. The van der Waals surface area contributed by atoms with Crippen LogP contribution < -0.4 is 14.8 Å². The molecule has 0 aliphatic carbocycles. The summed E-state index contributed by atoms with van der Waals surface area (Å²) in [6, 6.07) is 11.8. The van der Waals surface area contributed by atoms with E-state index < -0.39 is 15.9 Å². The summed E-state index contributed by atoms with van der Waals surface area (Å²) in [5.74, 6) is -0.866. The lowest BCUT2D eigenvalue weighted by Gasteiger charge is -2.11. The highest BCUT2D eigenvalue weighted by atomic mass is 32.2. The highest BCUT2D eigenvalue weighted by Gasteiger charge is 2.21. The number of benzene rings is 2. The average molecular weight is 392 g/mol. The molecule has 0 radical (unpaired) electrons. The van der Waals surface area contributed by atoms with E-state index in [9.17, 15) is 18.0 Å². The quantitative estimate of drug-likeness (QED) is 0.709. The second kappa shape index (κ2) is 9.15. The van der Waals surface area contributed by atoms with E-state index in [0.717, 1.165) is 0 Å². The first-order valence-corrected chi connectivity index (χ1v) is 9.53. The number of anilines is 1. The number of methoxy groups -OCH3 is 1. The molecule has 2 aromatic rings. The predicted molar refractivity (Wildman–Crippen MR) is 99.2 cm³/mol. The summed E-state index contributed by atoms with van der Waals surface area (Å²) in [6.45, 7) is 1.99. The number of carbonyl (C=O) groups excluding carboxylic acids is 2.